The molecule has 3 rings (SSSR count). The monoisotopic (exact) mass is 449 g/mol. The lowest BCUT2D eigenvalue weighted by Gasteiger charge is -2.36. The minimum atomic E-state index is -0.0759. The highest BCUT2D eigenvalue weighted by molar-refractivity contribution is 6.43. The molecule has 2 aromatic carbocycles. The number of ether oxygens (including phenoxy) is 1. The van der Waals surface area contributed by atoms with E-state index in [1.165, 1.54) is 6.92 Å². The number of amides is 1. The van der Waals surface area contributed by atoms with Gasteiger partial charge in [-0.05, 0) is 50.1 Å². The highest BCUT2D eigenvalue weighted by atomic mass is 35.5. The molecule has 1 aliphatic rings. The van der Waals surface area contributed by atoms with Crippen LogP contribution in [0, 0.1) is 6.92 Å². The van der Waals surface area contributed by atoms with Gasteiger partial charge in [-0.1, -0.05) is 35.3 Å². The van der Waals surface area contributed by atoms with Crippen molar-refractivity contribution in [3.63, 3.8) is 0 Å². The molecule has 162 valence electrons. The van der Waals surface area contributed by atoms with E-state index in [9.17, 15) is 4.79 Å². The van der Waals surface area contributed by atoms with Crippen LogP contribution >= 0.6 is 23.2 Å². The van der Waals surface area contributed by atoms with Crippen molar-refractivity contribution < 1.29 is 9.53 Å². The van der Waals surface area contributed by atoms with E-state index in [0.717, 1.165) is 68.3 Å². The Labute approximate surface area is 188 Å². The van der Waals surface area contributed by atoms with Gasteiger partial charge in [-0.3, -0.25) is 9.69 Å². The summed E-state index contributed by atoms with van der Waals surface area (Å²) in [6.45, 7) is 9.14. The van der Waals surface area contributed by atoms with Crippen LogP contribution in [0.15, 0.2) is 36.4 Å². The third kappa shape index (κ3) is 6.27. The van der Waals surface area contributed by atoms with E-state index in [2.05, 4.69) is 15.1 Å². The van der Waals surface area contributed by atoms with Crippen molar-refractivity contribution in [2.75, 3.05) is 49.5 Å². The quantitative estimate of drug-likeness (QED) is 0.559. The molecule has 0 saturated carbocycles. The molecule has 5 nitrogen and oxygen atoms in total. The molecular formula is C23H29Cl2N3O2. The fourth-order valence-corrected chi connectivity index (χ4v) is 4.01. The Hall–Kier alpha value is -1.95. The van der Waals surface area contributed by atoms with Crippen molar-refractivity contribution in [2.45, 2.75) is 26.7 Å². The molecule has 1 N–H and O–H groups in total. The number of piperazine rings is 1. The lowest BCUT2D eigenvalue weighted by Crippen LogP contribution is -2.46. The Morgan fingerprint density at radius 1 is 1.10 bits per heavy atom. The second-order valence-electron chi connectivity index (χ2n) is 7.62. The summed E-state index contributed by atoms with van der Waals surface area (Å²) in [6.07, 6.45) is 2.08. The molecule has 0 unspecified atom stereocenters. The van der Waals surface area contributed by atoms with Crippen LogP contribution in [0.5, 0.6) is 5.75 Å². The number of anilines is 2. The first-order valence-electron chi connectivity index (χ1n) is 10.4. The predicted molar refractivity (Wildman–Crippen MR) is 125 cm³/mol. The highest BCUT2D eigenvalue weighted by Gasteiger charge is 2.19. The molecule has 7 heteroatoms. The van der Waals surface area contributed by atoms with Crippen LogP contribution in [-0.2, 0) is 4.79 Å². The molecule has 1 amide bonds. The number of hydrogen-bond donors (Lipinski definition) is 1. The zero-order valence-corrected chi connectivity index (χ0v) is 19.1. The summed E-state index contributed by atoms with van der Waals surface area (Å²) in [5.74, 6) is 0.712. The van der Waals surface area contributed by atoms with E-state index in [1.54, 1.807) is 0 Å². The van der Waals surface area contributed by atoms with Gasteiger partial charge < -0.3 is 15.0 Å². The third-order valence-corrected chi connectivity index (χ3v) is 6.11. The molecule has 1 aliphatic heterocycles. The summed E-state index contributed by atoms with van der Waals surface area (Å²) in [6, 6.07) is 11.6. The van der Waals surface area contributed by atoms with Crippen LogP contribution in [0.2, 0.25) is 10.0 Å². The zero-order valence-electron chi connectivity index (χ0n) is 17.6. The van der Waals surface area contributed by atoms with Crippen LogP contribution in [0.4, 0.5) is 11.4 Å². The Balaban J connectivity index is 1.36. The number of nitrogens with zero attached hydrogens (tertiary/aromatic N) is 2. The van der Waals surface area contributed by atoms with Crippen LogP contribution in [0.1, 0.15) is 25.3 Å². The third-order valence-electron chi connectivity index (χ3n) is 5.30. The van der Waals surface area contributed by atoms with Gasteiger partial charge in [0.2, 0.25) is 5.91 Å². The van der Waals surface area contributed by atoms with Crippen LogP contribution < -0.4 is 15.0 Å². The smallest absolute Gasteiger partial charge is 0.221 e. The Morgan fingerprint density at radius 3 is 2.60 bits per heavy atom. The van der Waals surface area contributed by atoms with Gasteiger partial charge >= 0.3 is 0 Å². The molecule has 0 radical (unpaired) electrons. The van der Waals surface area contributed by atoms with Crippen LogP contribution in [-0.4, -0.2) is 50.1 Å². The molecule has 1 saturated heterocycles. The van der Waals surface area contributed by atoms with Crippen molar-refractivity contribution in [1.82, 2.24) is 4.90 Å². The molecule has 2 aromatic rings. The van der Waals surface area contributed by atoms with Gasteiger partial charge in [0.05, 0.1) is 22.3 Å². The second-order valence-corrected chi connectivity index (χ2v) is 8.40. The molecule has 0 aliphatic carbocycles. The van der Waals surface area contributed by atoms with Crippen molar-refractivity contribution in [2.24, 2.45) is 0 Å². The topological polar surface area (TPSA) is 44.8 Å². The predicted octanol–water partition coefficient (Wildman–Crippen LogP) is 5.24. The fraction of sp³-hybridized carbons (Fsp3) is 0.435. The Bertz CT molecular complexity index is 868. The zero-order chi connectivity index (χ0) is 21.5. The number of rotatable bonds is 8. The number of carbonyl (C=O) groups excluding carboxylic acids is 1. The highest BCUT2D eigenvalue weighted by Crippen LogP contribution is 2.32. The van der Waals surface area contributed by atoms with Gasteiger partial charge in [0.25, 0.3) is 0 Å². The van der Waals surface area contributed by atoms with E-state index < -0.39 is 0 Å². The van der Waals surface area contributed by atoms with Crippen molar-refractivity contribution in [3.8, 4) is 5.75 Å². The molecule has 0 bridgehead atoms. The van der Waals surface area contributed by atoms with Crippen molar-refractivity contribution in [1.29, 1.82) is 0 Å². The van der Waals surface area contributed by atoms with Crippen molar-refractivity contribution >= 4 is 40.5 Å². The van der Waals surface area contributed by atoms with E-state index >= 15 is 0 Å². The minimum Gasteiger partial charge on any atom is -0.494 e. The number of hydrogen-bond acceptors (Lipinski definition) is 4. The maximum atomic E-state index is 11.3. The van der Waals surface area contributed by atoms with Gasteiger partial charge in [-0.15, -0.1) is 0 Å². The normalized spacial score (nSPS) is 14.6. The average Bonchev–Trinajstić information content (AvgIpc) is 2.72. The molecule has 0 spiro atoms. The lowest BCUT2D eigenvalue weighted by molar-refractivity contribution is -0.114. The fourth-order valence-electron chi connectivity index (χ4n) is 3.59. The first-order valence-corrected chi connectivity index (χ1v) is 11.1. The Kier molecular flexibility index (Phi) is 8.25. The van der Waals surface area contributed by atoms with E-state index in [-0.39, 0.29) is 5.91 Å². The minimum absolute atomic E-state index is 0.0759. The number of benzene rings is 2. The molecular weight excluding hydrogens is 421 g/mol. The summed E-state index contributed by atoms with van der Waals surface area (Å²) in [5.41, 5.74) is 2.85. The second kappa shape index (κ2) is 10.9. The van der Waals surface area contributed by atoms with Gasteiger partial charge in [-0.2, -0.15) is 0 Å². The van der Waals surface area contributed by atoms with Crippen molar-refractivity contribution in [3.05, 3.63) is 52.0 Å². The molecule has 0 atom stereocenters. The van der Waals surface area contributed by atoms with Crippen LogP contribution in [0.3, 0.4) is 0 Å². The van der Waals surface area contributed by atoms with Gasteiger partial charge in [0.1, 0.15) is 5.75 Å². The number of unbranched alkanes of at least 4 members (excludes halogenated alkanes) is 1. The number of nitrogens with one attached hydrogen (secondary N) is 1. The molecule has 30 heavy (non-hydrogen) atoms. The number of carbonyl (C=O) groups is 1. The largest absolute Gasteiger partial charge is 0.494 e. The lowest BCUT2D eigenvalue weighted by atomic mass is 10.2. The maximum absolute atomic E-state index is 11.3. The first kappa shape index (κ1) is 22.7. The van der Waals surface area contributed by atoms with E-state index in [4.69, 9.17) is 27.9 Å². The average molecular weight is 450 g/mol. The van der Waals surface area contributed by atoms with Crippen LogP contribution in [0.25, 0.3) is 0 Å². The molecule has 0 aromatic heterocycles. The summed E-state index contributed by atoms with van der Waals surface area (Å²) in [5, 5.41) is 4.08. The summed E-state index contributed by atoms with van der Waals surface area (Å²) < 4.78 is 5.87. The summed E-state index contributed by atoms with van der Waals surface area (Å²) in [4.78, 5) is 16.1. The maximum Gasteiger partial charge on any atom is 0.221 e. The number of aryl methyl sites for hydroxylation is 1. The SMILES string of the molecule is CC(=O)Nc1cc(OCCCCN2CCN(c3cccc(Cl)c3Cl)CC2)ccc1C. The molecule has 1 fully saturated rings. The van der Waals surface area contributed by atoms with Gasteiger partial charge in [-0.25, -0.2) is 0 Å². The summed E-state index contributed by atoms with van der Waals surface area (Å²) >= 11 is 12.5. The van der Waals surface area contributed by atoms with Gasteiger partial charge in [0, 0.05) is 44.9 Å². The number of halogens is 2. The van der Waals surface area contributed by atoms with Gasteiger partial charge in [0.15, 0.2) is 0 Å². The first-order chi connectivity index (χ1) is 14.4. The van der Waals surface area contributed by atoms with E-state index in [0.29, 0.717) is 16.7 Å². The van der Waals surface area contributed by atoms with E-state index in [1.807, 2.05) is 43.3 Å². The molecule has 1 heterocycles. The Morgan fingerprint density at radius 2 is 1.87 bits per heavy atom. The standard InChI is InChI=1S/C23H29Cl2N3O2/c1-17-8-9-19(16-21(17)26-18(2)29)30-15-4-3-10-27-11-13-28(14-12-27)22-7-5-6-20(24)23(22)25/h5-9,16H,3-4,10-15H2,1-2H3,(H,26,29). The summed E-state index contributed by atoms with van der Waals surface area (Å²) in [7, 11) is 0.